The van der Waals surface area contributed by atoms with Crippen molar-refractivity contribution in [3.8, 4) is 11.3 Å². The first-order chi connectivity index (χ1) is 8.41. The fourth-order valence-electron chi connectivity index (χ4n) is 1.94. The molecule has 0 radical (unpaired) electrons. The quantitative estimate of drug-likeness (QED) is 0.880. The smallest absolute Gasteiger partial charge is 0.167 e. The summed E-state index contributed by atoms with van der Waals surface area (Å²) < 4.78 is 5.32. The highest BCUT2D eigenvalue weighted by Gasteiger charge is 2.16. The van der Waals surface area contributed by atoms with Gasteiger partial charge in [0.1, 0.15) is 0 Å². The number of nitrogens with zero attached hydrogens (tertiary/aromatic N) is 1. The second-order valence-electron chi connectivity index (χ2n) is 5.67. The number of aromatic nitrogens is 1. The number of benzene rings is 1. The van der Waals surface area contributed by atoms with Crippen molar-refractivity contribution in [2.45, 2.75) is 39.7 Å². The van der Waals surface area contributed by atoms with Crippen LogP contribution in [0.15, 0.2) is 28.8 Å². The normalized spacial score (nSPS) is 11.8. The lowest BCUT2D eigenvalue weighted by molar-refractivity contribution is 0.423. The molecule has 96 valence electrons. The van der Waals surface area contributed by atoms with E-state index in [9.17, 15) is 0 Å². The number of aryl methyl sites for hydroxylation is 1. The van der Waals surface area contributed by atoms with Crippen LogP contribution in [0.2, 0.25) is 0 Å². The van der Waals surface area contributed by atoms with E-state index >= 15 is 0 Å². The first kappa shape index (κ1) is 12.8. The van der Waals surface area contributed by atoms with Crippen molar-refractivity contribution in [2.24, 2.45) is 5.73 Å². The lowest BCUT2D eigenvalue weighted by Crippen LogP contribution is -2.11. The maximum absolute atomic E-state index is 5.54. The molecule has 0 saturated carbocycles. The third kappa shape index (κ3) is 2.46. The fraction of sp³-hybridized carbons (Fsp3) is 0.400. The van der Waals surface area contributed by atoms with Gasteiger partial charge < -0.3 is 10.3 Å². The molecule has 18 heavy (non-hydrogen) atoms. The molecule has 1 heterocycles. The predicted octanol–water partition coefficient (Wildman–Crippen LogP) is 3.41. The van der Waals surface area contributed by atoms with Crippen LogP contribution in [0.1, 0.15) is 37.6 Å². The maximum Gasteiger partial charge on any atom is 0.167 e. The number of rotatable bonds is 2. The van der Waals surface area contributed by atoms with Gasteiger partial charge in [-0.25, -0.2) is 0 Å². The highest BCUT2D eigenvalue weighted by molar-refractivity contribution is 5.62. The van der Waals surface area contributed by atoms with E-state index in [-0.39, 0.29) is 5.41 Å². The molecular formula is C15H20N2O. The molecule has 3 nitrogen and oxygen atoms in total. The van der Waals surface area contributed by atoms with Gasteiger partial charge in [-0.15, -0.1) is 0 Å². The van der Waals surface area contributed by atoms with Gasteiger partial charge in [0, 0.05) is 18.2 Å². The van der Waals surface area contributed by atoms with E-state index in [1.807, 2.05) is 6.07 Å². The third-order valence-corrected chi connectivity index (χ3v) is 3.13. The minimum Gasteiger partial charge on any atom is -0.356 e. The monoisotopic (exact) mass is 244 g/mol. The Balaban J connectivity index is 2.41. The molecule has 0 saturated heterocycles. The van der Waals surface area contributed by atoms with Crippen molar-refractivity contribution in [3.63, 3.8) is 0 Å². The van der Waals surface area contributed by atoms with Crippen LogP contribution < -0.4 is 5.73 Å². The number of hydrogen-bond donors (Lipinski definition) is 1. The lowest BCUT2D eigenvalue weighted by atomic mass is 9.85. The summed E-state index contributed by atoms with van der Waals surface area (Å²) in [6, 6.07) is 8.35. The summed E-state index contributed by atoms with van der Waals surface area (Å²) in [4.78, 5) is 0. The summed E-state index contributed by atoms with van der Waals surface area (Å²) in [6.07, 6.45) is 0. The van der Waals surface area contributed by atoms with Crippen molar-refractivity contribution in [1.29, 1.82) is 0 Å². The fourth-order valence-corrected chi connectivity index (χ4v) is 1.94. The zero-order valence-corrected chi connectivity index (χ0v) is 11.4. The molecule has 2 aromatic rings. The molecule has 2 rings (SSSR count). The van der Waals surface area contributed by atoms with Crippen molar-refractivity contribution in [3.05, 3.63) is 41.1 Å². The van der Waals surface area contributed by atoms with Gasteiger partial charge in [-0.05, 0) is 23.5 Å². The summed E-state index contributed by atoms with van der Waals surface area (Å²) >= 11 is 0. The molecule has 1 aromatic heterocycles. The lowest BCUT2D eigenvalue weighted by Gasteiger charge is -2.20. The summed E-state index contributed by atoms with van der Waals surface area (Å²) in [5, 5.41) is 3.92. The van der Waals surface area contributed by atoms with Gasteiger partial charge in [-0.3, -0.25) is 0 Å². The zero-order chi connectivity index (χ0) is 13.3. The van der Waals surface area contributed by atoms with Crippen molar-refractivity contribution in [1.82, 2.24) is 5.16 Å². The highest BCUT2D eigenvalue weighted by Crippen LogP contribution is 2.29. The molecular weight excluding hydrogens is 224 g/mol. The Morgan fingerprint density at radius 3 is 2.44 bits per heavy atom. The second-order valence-corrected chi connectivity index (χ2v) is 5.67. The van der Waals surface area contributed by atoms with Crippen LogP contribution >= 0.6 is 0 Å². The Bertz CT molecular complexity index is 550. The average Bonchev–Trinajstić information content (AvgIpc) is 2.76. The summed E-state index contributed by atoms with van der Waals surface area (Å²) in [7, 11) is 0. The molecule has 0 bridgehead atoms. The Labute approximate surface area is 108 Å². The molecule has 0 aliphatic carbocycles. The summed E-state index contributed by atoms with van der Waals surface area (Å²) in [5.41, 5.74) is 10.1. The van der Waals surface area contributed by atoms with E-state index in [2.05, 4.69) is 51.1 Å². The molecule has 3 heteroatoms. The molecule has 0 spiro atoms. The van der Waals surface area contributed by atoms with Crippen LogP contribution in [-0.4, -0.2) is 5.16 Å². The minimum absolute atomic E-state index is 0.160. The van der Waals surface area contributed by atoms with Gasteiger partial charge in [0.25, 0.3) is 0 Å². The van der Waals surface area contributed by atoms with E-state index < -0.39 is 0 Å². The van der Waals surface area contributed by atoms with Gasteiger partial charge in [-0.1, -0.05) is 44.1 Å². The van der Waals surface area contributed by atoms with Crippen LogP contribution in [0.25, 0.3) is 11.3 Å². The van der Waals surface area contributed by atoms with Gasteiger partial charge in [0.2, 0.25) is 0 Å². The first-order valence-electron chi connectivity index (χ1n) is 6.19. The van der Waals surface area contributed by atoms with Gasteiger partial charge in [0.15, 0.2) is 5.76 Å². The van der Waals surface area contributed by atoms with E-state index in [1.54, 1.807) is 0 Å². The van der Waals surface area contributed by atoms with Gasteiger partial charge in [0.05, 0.1) is 5.69 Å². The minimum atomic E-state index is 0.160. The summed E-state index contributed by atoms with van der Waals surface area (Å²) in [6.45, 7) is 9.13. The topological polar surface area (TPSA) is 52.0 Å². The number of hydrogen-bond acceptors (Lipinski definition) is 3. The van der Waals surface area contributed by atoms with Crippen molar-refractivity contribution < 1.29 is 4.52 Å². The Kier molecular flexibility index (Phi) is 3.26. The van der Waals surface area contributed by atoms with E-state index in [4.69, 9.17) is 10.3 Å². The van der Waals surface area contributed by atoms with Crippen LogP contribution in [-0.2, 0) is 12.0 Å². The van der Waals surface area contributed by atoms with E-state index in [0.29, 0.717) is 6.54 Å². The van der Waals surface area contributed by atoms with Crippen molar-refractivity contribution in [2.75, 3.05) is 0 Å². The second kappa shape index (κ2) is 4.58. The standard InChI is InChI=1S/C15H20N2O/c1-10-7-11(15(2,3)4)5-6-13(10)14-8-12(9-16)17-18-14/h5-8H,9,16H2,1-4H3. The Hall–Kier alpha value is -1.61. The zero-order valence-electron chi connectivity index (χ0n) is 11.4. The predicted molar refractivity (Wildman–Crippen MR) is 73.3 cm³/mol. The largest absolute Gasteiger partial charge is 0.356 e. The maximum atomic E-state index is 5.54. The Morgan fingerprint density at radius 1 is 1.22 bits per heavy atom. The molecule has 0 atom stereocenters. The highest BCUT2D eigenvalue weighted by atomic mass is 16.5. The van der Waals surface area contributed by atoms with Gasteiger partial charge in [-0.2, -0.15) is 0 Å². The molecule has 2 N–H and O–H groups in total. The molecule has 1 aromatic carbocycles. The van der Waals surface area contributed by atoms with E-state index in [0.717, 1.165) is 17.0 Å². The van der Waals surface area contributed by atoms with Crippen LogP contribution in [0.3, 0.4) is 0 Å². The average molecular weight is 244 g/mol. The molecule has 0 aliphatic rings. The number of nitrogens with two attached hydrogens (primary N) is 1. The first-order valence-corrected chi connectivity index (χ1v) is 6.19. The van der Waals surface area contributed by atoms with E-state index in [1.165, 1.54) is 11.1 Å². The van der Waals surface area contributed by atoms with Gasteiger partial charge >= 0.3 is 0 Å². The Morgan fingerprint density at radius 2 is 1.94 bits per heavy atom. The third-order valence-electron chi connectivity index (χ3n) is 3.13. The van der Waals surface area contributed by atoms with Crippen LogP contribution in [0, 0.1) is 6.92 Å². The SMILES string of the molecule is Cc1cc(C(C)(C)C)ccc1-c1cc(CN)no1. The molecule has 0 fully saturated rings. The molecule has 0 aliphatic heterocycles. The molecule has 0 unspecified atom stereocenters. The van der Waals surface area contributed by atoms with Crippen molar-refractivity contribution >= 4 is 0 Å². The summed E-state index contributed by atoms with van der Waals surface area (Å²) in [5.74, 6) is 0.786. The van der Waals surface area contributed by atoms with Crippen LogP contribution in [0.5, 0.6) is 0 Å². The molecule has 0 amide bonds. The van der Waals surface area contributed by atoms with Crippen LogP contribution in [0.4, 0.5) is 0 Å².